The molecule has 2 aliphatic heterocycles. The summed E-state index contributed by atoms with van der Waals surface area (Å²) in [6.07, 6.45) is 10.3. The molecule has 0 aromatic carbocycles. The Kier molecular flexibility index (Phi) is 4.32. The van der Waals surface area contributed by atoms with Gasteiger partial charge in [-0.25, -0.2) is 0 Å². The monoisotopic (exact) mass is 279 g/mol. The Hall–Kier alpha value is -0.610. The number of fused-ring (bicyclic) bond motifs is 2. The van der Waals surface area contributed by atoms with Crippen molar-refractivity contribution in [2.24, 2.45) is 11.1 Å². The molecule has 0 radical (unpaired) electrons. The van der Waals surface area contributed by atoms with Crippen molar-refractivity contribution in [2.45, 2.75) is 69.9 Å². The third-order valence-electron chi connectivity index (χ3n) is 5.82. The highest BCUT2D eigenvalue weighted by Gasteiger charge is 2.41. The van der Waals surface area contributed by atoms with Crippen LogP contribution in [0.25, 0.3) is 0 Å². The summed E-state index contributed by atoms with van der Waals surface area (Å²) in [4.78, 5) is 15.1. The number of rotatable bonds is 3. The molecule has 2 unspecified atom stereocenters. The fourth-order valence-corrected chi connectivity index (χ4v) is 4.56. The van der Waals surface area contributed by atoms with Gasteiger partial charge < -0.3 is 16.0 Å². The number of nitrogens with one attached hydrogen (secondary N) is 1. The summed E-state index contributed by atoms with van der Waals surface area (Å²) in [6.45, 7) is 2.73. The van der Waals surface area contributed by atoms with Crippen molar-refractivity contribution in [3.05, 3.63) is 0 Å². The van der Waals surface area contributed by atoms with Crippen LogP contribution in [-0.2, 0) is 4.79 Å². The van der Waals surface area contributed by atoms with Crippen LogP contribution in [-0.4, -0.2) is 42.5 Å². The summed E-state index contributed by atoms with van der Waals surface area (Å²) in [5, 5.41) is 3.47. The van der Waals surface area contributed by atoms with E-state index in [1.807, 2.05) is 0 Å². The van der Waals surface area contributed by atoms with Gasteiger partial charge in [0, 0.05) is 25.0 Å². The van der Waals surface area contributed by atoms with Gasteiger partial charge in [-0.1, -0.05) is 19.3 Å². The van der Waals surface area contributed by atoms with E-state index >= 15 is 0 Å². The van der Waals surface area contributed by atoms with Crippen molar-refractivity contribution in [2.75, 3.05) is 19.6 Å². The fraction of sp³-hybridized carbons (Fsp3) is 0.938. The predicted octanol–water partition coefficient (Wildman–Crippen LogP) is 1.64. The number of nitrogens with two attached hydrogens (primary N) is 1. The maximum absolute atomic E-state index is 12.9. The molecule has 20 heavy (non-hydrogen) atoms. The predicted molar refractivity (Wildman–Crippen MR) is 80.3 cm³/mol. The summed E-state index contributed by atoms with van der Waals surface area (Å²) < 4.78 is 0. The van der Waals surface area contributed by atoms with Gasteiger partial charge in [0.1, 0.15) is 0 Å². The van der Waals surface area contributed by atoms with Crippen molar-refractivity contribution in [3.8, 4) is 0 Å². The lowest BCUT2D eigenvalue weighted by Crippen LogP contribution is -2.46. The van der Waals surface area contributed by atoms with Crippen molar-refractivity contribution in [1.82, 2.24) is 10.2 Å². The van der Waals surface area contributed by atoms with E-state index in [1.165, 1.54) is 32.1 Å². The molecule has 4 nitrogen and oxygen atoms in total. The van der Waals surface area contributed by atoms with Crippen LogP contribution in [0.1, 0.15) is 57.8 Å². The number of carbonyl (C=O) groups is 1. The first kappa shape index (κ1) is 14.3. The molecule has 2 bridgehead atoms. The zero-order valence-corrected chi connectivity index (χ0v) is 12.6. The Morgan fingerprint density at radius 3 is 2.65 bits per heavy atom. The molecule has 3 N–H and O–H groups in total. The van der Waals surface area contributed by atoms with Crippen LogP contribution >= 0.6 is 0 Å². The van der Waals surface area contributed by atoms with Crippen LogP contribution in [0.3, 0.4) is 0 Å². The number of carbonyl (C=O) groups excluding carboxylic acids is 1. The summed E-state index contributed by atoms with van der Waals surface area (Å²) in [7, 11) is 0. The normalized spacial score (nSPS) is 33.0. The molecule has 4 heteroatoms. The van der Waals surface area contributed by atoms with Crippen LogP contribution in [0.5, 0.6) is 0 Å². The molecule has 2 saturated heterocycles. The molecular formula is C16H29N3O. The quantitative estimate of drug-likeness (QED) is 0.825. The Morgan fingerprint density at radius 2 is 1.90 bits per heavy atom. The van der Waals surface area contributed by atoms with Gasteiger partial charge in [0.2, 0.25) is 5.91 Å². The van der Waals surface area contributed by atoms with Gasteiger partial charge in [0.25, 0.3) is 0 Å². The van der Waals surface area contributed by atoms with E-state index in [1.54, 1.807) is 0 Å². The summed E-state index contributed by atoms with van der Waals surface area (Å²) >= 11 is 0. The first-order chi connectivity index (χ1) is 9.74. The number of hydrogen-bond acceptors (Lipinski definition) is 3. The molecule has 2 atom stereocenters. The minimum atomic E-state index is 0.106. The van der Waals surface area contributed by atoms with Crippen molar-refractivity contribution < 1.29 is 4.79 Å². The van der Waals surface area contributed by atoms with E-state index in [-0.39, 0.29) is 5.41 Å². The molecule has 3 aliphatic rings. The Balaban J connectivity index is 1.68. The van der Waals surface area contributed by atoms with Crippen LogP contribution in [0.15, 0.2) is 0 Å². The van der Waals surface area contributed by atoms with Crippen LogP contribution in [0.4, 0.5) is 0 Å². The van der Waals surface area contributed by atoms with Crippen LogP contribution in [0.2, 0.25) is 0 Å². The second-order valence-electron chi connectivity index (χ2n) is 7.12. The van der Waals surface area contributed by atoms with E-state index in [9.17, 15) is 4.79 Å². The third-order valence-corrected chi connectivity index (χ3v) is 5.82. The summed E-state index contributed by atoms with van der Waals surface area (Å²) in [5.41, 5.74) is 6.15. The second-order valence-corrected chi connectivity index (χ2v) is 7.12. The molecule has 1 amide bonds. The third kappa shape index (κ3) is 2.73. The SMILES string of the molecule is NCC1(CC(=O)N2C3CCNCC2CC3)CCCCC1. The van der Waals surface area contributed by atoms with E-state index in [0.29, 0.717) is 31.0 Å². The highest BCUT2D eigenvalue weighted by atomic mass is 16.2. The zero-order valence-electron chi connectivity index (χ0n) is 12.6. The highest BCUT2D eigenvalue weighted by Crippen LogP contribution is 2.40. The molecular weight excluding hydrogens is 250 g/mol. The number of nitrogens with zero attached hydrogens (tertiary/aromatic N) is 1. The summed E-state index contributed by atoms with van der Waals surface area (Å²) in [5.74, 6) is 0.383. The molecule has 0 spiro atoms. The van der Waals surface area contributed by atoms with Gasteiger partial charge in [0.15, 0.2) is 0 Å². The van der Waals surface area contributed by atoms with Gasteiger partial charge in [-0.2, -0.15) is 0 Å². The average molecular weight is 279 g/mol. The van der Waals surface area contributed by atoms with Gasteiger partial charge in [-0.3, -0.25) is 4.79 Å². The molecule has 1 saturated carbocycles. The molecule has 0 aromatic rings. The first-order valence-corrected chi connectivity index (χ1v) is 8.46. The van der Waals surface area contributed by atoms with Gasteiger partial charge in [-0.05, 0) is 50.6 Å². The van der Waals surface area contributed by atoms with E-state index in [2.05, 4.69) is 10.2 Å². The van der Waals surface area contributed by atoms with Gasteiger partial charge in [0.05, 0.1) is 0 Å². The number of amides is 1. The maximum atomic E-state index is 12.9. The average Bonchev–Trinajstić information content (AvgIpc) is 2.73. The lowest BCUT2D eigenvalue weighted by Gasteiger charge is -2.38. The Bertz CT molecular complexity index is 338. The standard InChI is InChI=1S/C16H29N3O/c17-12-16(7-2-1-3-8-16)10-15(20)19-13-4-5-14(19)11-18-9-6-13/h13-14,18H,1-12,17H2. The van der Waals surface area contributed by atoms with Crippen molar-refractivity contribution >= 4 is 5.91 Å². The Morgan fingerprint density at radius 1 is 1.15 bits per heavy atom. The minimum Gasteiger partial charge on any atom is -0.335 e. The van der Waals surface area contributed by atoms with Crippen molar-refractivity contribution in [1.29, 1.82) is 0 Å². The van der Waals surface area contributed by atoms with Gasteiger partial charge in [-0.15, -0.1) is 0 Å². The maximum Gasteiger partial charge on any atom is 0.223 e. The molecule has 3 rings (SSSR count). The van der Waals surface area contributed by atoms with Gasteiger partial charge >= 0.3 is 0 Å². The lowest BCUT2D eigenvalue weighted by molar-refractivity contribution is -0.136. The highest BCUT2D eigenvalue weighted by molar-refractivity contribution is 5.78. The van der Waals surface area contributed by atoms with Crippen molar-refractivity contribution in [3.63, 3.8) is 0 Å². The number of hydrogen-bond donors (Lipinski definition) is 2. The van der Waals surface area contributed by atoms with E-state index in [4.69, 9.17) is 5.73 Å². The molecule has 114 valence electrons. The Labute approximate surface area is 122 Å². The molecule has 2 heterocycles. The molecule has 0 aromatic heterocycles. The van der Waals surface area contributed by atoms with Crippen LogP contribution < -0.4 is 11.1 Å². The zero-order chi connectivity index (χ0) is 14.0. The smallest absolute Gasteiger partial charge is 0.223 e. The molecule has 3 fully saturated rings. The van der Waals surface area contributed by atoms with Crippen LogP contribution in [0, 0.1) is 5.41 Å². The minimum absolute atomic E-state index is 0.106. The lowest BCUT2D eigenvalue weighted by atomic mass is 9.71. The first-order valence-electron chi connectivity index (χ1n) is 8.46. The largest absolute Gasteiger partial charge is 0.335 e. The summed E-state index contributed by atoms with van der Waals surface area (Å²) in [6, 6.07) is 0.925. The fourth-order valence-electron chi connectivity index (χ4n) is 4.56. The van der Waals surface area contributed by atoms with E-state index in [0.717, 1.165) is 32.4 Å². The topological polar surface area (TPSA) is 58.4 Å². The molecule has 1 aliphatic carbocycles. The second kappa shape index (κ2) is 6.02. The van der Waals surface area contributed by atoms with E-state index < -0.39 is 0 Å².